The monoisotopic (exact) mass is 575 g/mol. The van der Waals surface area contributed by atoms with E-state index < -0.39 is 22.1 Å². The van der Waals surface area contributed by atoms with Crippen LogP contribution < -0.4 is 10.6 Å². The van der Waals surface area contributed by atoms with Gasteiger partial charge in [-0.15, -0.1) is 0 Å². The smallest absolute Gasteiger partial charge is 0.322 e. The zero-order valence-electron chi connectivity index (χ0n) is 23.5. The SMILES string of the molecule is CN(C[C@H](O)CNC(C)(C)Cc1ccc2ccccc2c1)S(=O)(=O)c1cccc(-c2ccc(NCC(=O)O)cc2)c1. The molecule has 0 heterocycles. The van der Waals surface area contributed by atoms with Gasteiger partial charge in [-0.05, 0) is 72.0 Å². The number of β-amino-alcohol motifs (C(OH)–C–C–N with tert-alkyl or cyclic N) is 1. The molecule has 0 radical (unpaired) electrons. The van der Waals surface area contributed by atoms with Crippen molar-refractivity contribution in [1.29, 1.82) is 0 Å². The van der Waals surface area contributed by atoms with E-state index >= 15 is 0 Å². The van der Waals surface area contributed by atoms with Crippen molar-refractivity contribution in [2.75, 3.05) is 32.0 Å². The number of hydrogen-bond acceptors (Lipinski definition) is 6. The van der Waals surface area contributed by atoms with Crippen LogP contribution in [0.15, 0.2) is 95.9 Å². The van der Waals surface area contributed by atoms with Gasteiger partial charge in [-0.1, -0.05) is 66.7 Å². The standard InChI is InChI=1S/C32H37N3O5S/c1-32(2,19-23-11-12-24-7-4-5-8-26(24)17-23)34-20-29(36)22-35(3)41(39,40)30-10-6-9-27(18-30)25-13-15-28(16-14-25)33-21-31(37)38/h4-18,29,33-34,36H,19-22H2,1-3H3,(H,37,38)/t29-/m1/s1. The molecular weight excluding hydrogens is 538 g/mol. The van der Waals surface area contributed by atoms with Crippen molar-refractivity contribution in [2.24, 2.45) is 0 Å². The van der Waals surface area contributed by atoms with E-state index in [1.54, 1.807) is 36.4 Å². The Balaban J connectivity index is 1.35. The van der Waals surface area contributed by atoms with E-state index in [-0.39, 0.29) is 30.1 Å². The van der Waals surface area contributed by atoms with Crippen LogP contribution in [0.1, 0.15) is 19.4 Å². The Morgan fingerprint density at radius 1 is 0.902 bits per heavy atom. The molecule has 0 spiro atoms. The molecule has 8 nitrogen and oxygen atoms in total. The van der Waals surface area contributed by atoms with Crippen molar-refractivity contribution >= 4 is 32.5 Å². The van der Waals surface area contributed by atoms with E-state index in [2.05, 4.69) is 54.8 Å². The first-order chi connectivity index (χ1) is 19.4. The van der Waals surface area contributed by atoms with Gasteiger partial charge in [0.05, 0.1) is 11.0 Å². The van der Waals surface area contributed by atoms with Crippen molar-refractivity contribution in [3.63, 3.8) is 0 Å². The molecular formula is C32H37N3O5S. The van der Waals surface area contributed by atoms with E-state index in [4.69, 9.17) is 5.11 Å². The van der Waals surface area contributed by atoms with Crippen molar-refractivity contribution < 1.29 is 23.4 Å². The number of sulfonamides is 1. The molecule has 4 aromatic carbocycles. The highest BCUT2D eigenvalue weighted by Crippen LogP contribution is 2.26. The summed E-state index contributed by atoms with van der Waals surface area (Å²) >= 11 is 0. The molecule has 0 aromatic heterocycles. The lowest BCUT2D eigenvalue weighted by Gasteiger charge is -2.29. The van der Waals surface area contributed by atoms with Crippen LogP contribution in [0.4, 0.5) is 5.69 Å². The normalized spacial score (nSPS) is 12.9. The largest absolute Gasteiger partial charge is 0.480 e. The quantitative estimate of drug-likeness (QED) is 0.184. The average Bonchev–Trinajstić information content (AvgIpc) is 2.95. The van der Waals surface area contributed by atoms with Gasteiger partial charge in [0.2, 0.25) is 10.0 Å². The Kier molecular flexibility index (Phi) is 9.45. The number of fused-ring (bicyclic) bond motifs is 1. The maximum atomic E-state index is 13.3. The zero-order chi connectivity index (χ0) is 29.6. The second kappa shape index (κ2) is 12.8. The Labute approximate surface area is 241 Å². The molecule has 0 aliphatic heterocycles. The van der Waals surface area contributed by atoms with E-state index in [1.807, 2.05) is 18.2 Å². The zero-order valence-corrected chi connectivity index (χ0v) is 24.4. The van der Waals surface area contributed by atoms with Gasteiger partial charge in [0.25, 0.3) is 0 Å². The fourth-order valence-electron chi connectivity index (χ4n) is 4.75. The average molecular weight is 576 g/mol. The summed E-state index contributed by atoms with van der Waals surface area (Å²) in [6.07, 6.45) is -0.151. The van der Waals surface area contributed by atoms with Crippen LogP contribution in [0.3, 0.4) is 0 Å². The topological polar surface area (TPSA) is 119 Å². The molecule has 0 amide bonds. The van der Waals surface area contributed by atoms with Crippen molar-refractivity contribution in [3.8, 4) is 11.1 Å². The number of nitrogens with one attached hydrogen (secondary N) is 2. The summed E-state index contributed by atoms with van der Waals surface area (Å²) < 4.78 is 27.8. The molecule has 41 heavy (non-hydrogen) atoms. The molecule has 9 heteroatoms. The van der Waals surface area contributed by atoms with Crippen LogP contribution in [0.5, 0.6) is 0 Å². The molecule has 0 aliphatic carbocycles. The Hall–Kier alpha value is -3.76. The van der Waals surface area contributed by atoms with Gasteiger partial charge in [0.15, 0.2) is 0 Å². The molecule has 216 valence electrons. The van der Waals surface area contributed by atoms with E-state index in [1.165, 1.54) is 33.8 Å². The lowest BCUT2D eigenvalue weighted by molar-refractivity contribution is -0.134. The van der Waals surface area contributed by atoms with Gasteiger partial charge < -0.3 is 20.8 Å². The second-order valence-corrected chi connectivity index (χ2v) is 13.0. The number of aliphatic hydroxyl groups excluding tert-OH is 1. The Bertz CT molecular complexity index is 1600. The lowest BCUT2D eigenvalue weighted by atomic mass is 9.93. The molecule has 1 atom stereocenters. The van der Waals surface area contributed by atoms with Crippen LogP contribution in [0.2, 0.25) is 0 Å². The van der Waals surface area contributed by atoms with Crippen LogP contribution in [0.25, 0.3) is 21.9 Å². The van der Waals surface area contributed by atoms with E-state index in [9.17, 15) is 18.3 Å². The predicted molar refractivity (Wildman–Crippen MR) is 164 cm³/mol. The van der Waals surface area contributed by atoms with Gasteiger partial charge in [0, 0.05) is 31.4 Å². The summed E-state index contributed by atoms with van der Waals surface area (Å²) in [6, 6.07) is 28.3. The highest BCUT2D eigenvalue weighted by Gasteiger charge is 2.25. The number of rotatable bonds is 13. The fraction of sp³-hybridized carbons (Fsp3) is 0.281. The third kappa shape index (κ3) is 8.14. The lowest BCUT2D eigenvalue weighted by Crippen LogP contribution is -2.47. The summed E-state index contributed by atoms with van der Waals surface area (Å²) in [5.74, 6) is -0.957. The summed E-state index contributed by atoms with van der Waals surface area (Å²) in [6.45, 7) is 4.12. The number of hydrogen-bond donors (Lipinski definition) is 4. The minimum atomic E-state index is -3.85. The molecule has 4 rings (SSSR count). The van der Waals surface area contributed by atoms with Crippen molar-refractivity contribution in [3.05, 3.63) is 96.6 Å². The van der Waals surface area contributed by atoms with Gasteiger partial charge in [-0.2, -0.15) is 4.31 Å². The molecule has 4 N–H and O–H groups in total. The number of carboxylic acid groups (broad SMARTS) is 1. The number of benzene rings is 4. The van der Waals surface area contributed by atoms with Gasteiger partial charge in [0.1, 0.15) is 6.54 Å². The van der Waals surface area contributed by atoms with Crippen LogP contribution in [0, 0.1) is 0 Å². The van der Waals surface area contributed by atoms with Gasteiger partial charge >= 0.3 is 5.97 Å². The highest BCUT2D eigenvalue weighted by molar-refractivity contribution is 7.89. The third-order valence-corrected chi connectivity index (χ3v) is 8.77. The van der Waals surface area contributed by atoms with Crippen LogP contribution in [-0.4, -0.2) is 67.2 Å². The van der Waals surface area contributed by atoms with E-state index in [0.29, 0.717) is 11.3 Å². The van der Waals surface area contributed by atoms with Gasteiger partial charge in [-0.3, -0.25) is 4.79 Å². The second-order valence-electron chi connectivity index (χ2n) is 10.9. The minimum absolute atomic E-state index is 0.0600. The Morgan fingerprint density at radius 3 is 2.32 bits per heavy atom. The van der Waals surface area contributed by atoms with Crippen LogP contribution in [-0.2, 0) is 21.2 Å². The molecule has 0 bridgehead atoms. The van der Waals surface area contributed by atoms with Crippen molar-refractivity contribution in [1.82, 2.24) is 9.62 Å². The number of likely N-dealkylation sites (N-methyl/N-ethyl adjacent to an activating group) is 1. The summed E-state index contributed by atoms with van der Waals surface area (Å²) in [5.41, 5.74) is 3.03. The summed E-state index contributed by atoms with van der Waals surface area (Å²) in [5, 5.41) is 28.1. The number of carboxylic acids is 1. The number of anilines is 1. The van der Waals surface area contributed by atoms with Gasteiger partial charge in [-0.25, -0.2) is 8.42 Å². The maximum absolute atomic E-state index is 13.3. The number of nitrogens with zero attached hydrogens (tertiary/aromatic N) is 1. The first kappa shape index (κ1) is 30.2. The summed E-state index contributed by atoms with van der Waals surface area (Å²) in [7, 11) is -2.38. The van der Waals surface area contributed by atoms with E-state index in [0.717, 1.165) is 12.0 Å². The molecule has 4 aromatic rings. The molecule has 0 saturated heterocycles. The molecule has 0 fully saturated rings. The Morgan fingerprint density at radius 2 is 1.61 bits per heavy atom. The molecule has 0 unspecified atom stereocenters. The fourth-order valence-corrected chi connectivity index (χ4v) is 6.00. The minimum Gasteiger partial charge on any atom is -0.480 e. The first-order valence-electron chi connectivity index (χ1n) is 13.5. The number of carbonyl (C=O) groups is 1. The number of aliphatic carboxylic acids is 1. The number of aliphatic hydroxyl groups is 1. The van der Waals surface area contributed by atoms with Crippen molar-refractivity contribution in [2.45, 2.75) is 36.8 Å². The summed E-state index contributed by atoms with van der Waals surface area (Å²) in [4.78, 5) is 10.9. The maximum Gasteiger partial charge on any atom is 0.322 e. The molecule has 0 aliphatic rings. The molecule has 0 saturated carbocycles. The first-order valence-corrected chi connectivity index (χ1v) is 14.9. The highest BCUT2D eigenvalue weighted by atomic mass is 32.2. The predicted octanol–water partition coefficient (Wildman–Crippen LogP) is 4.60. The third-order valence-electron chi connectivity index (χ3n) is 6.95. The van der Waals surface area contributed by atoms with Crippen LogP contribution >= 0.6 is 0 Å².